The van der Waals surface area contributed by atoms with Crippen molar-refractivity contribution in [2.45, 2.75) is 23.7 Å². The summed E-state index contributed by atoms with van der Waals surface area (Å²) in [6.45, 7) is 0.826. The third-order valence-corrected chi connectivity index (χ3v) is 6.24. The molecule has 1 aliphatic rings. The maximum Gasteiger partial charge on any atom is 0.490 e. The zero-order valence-corrected chi connectivity index (χ0v) is 17.6. The topological polar surface area (TPSA) is 128 Å². The first-order valence-electron chi connectivity index (χ1n) is 9.34. The van der Waals surface area contributed by atoms with Gasteiger partial charge >= 0.3 is 12.1 Å². The smallest absolute Gasteiger partial charge is 0.490 e. The summed E-state index contributed by atoms with van der Waals surface area (Å²) in [4.78, 5) is 17.0. The minimum absolute atomic E-state index is 0.180. The Kier molecular flexibility index (Phi) is 7.28. The molecule has 0 spiro atoms. The minimum atomic E-state index is -5.08. The standard InChI is InChI=1S/C17H17N5O3S.C2HF3O2/c23-26(24,17-4-2-7-19-10-17)21-11-14-5-8-20-22(14)15(12-21)13-25-16-3-1-6-18-9-16;3-2(4,5)1(6)7/h1-10,15H,11-13H2;(H,6,7). The molecule has 176 valence electrons. The number of aliphatic carboxylic acids is 1. The lowest BCUT2D eigenvalue weighted by Crippen LogP contribution is -2.43. The van der Waals surface area contributed by atoms with E-state index in [-0.39, 0.29) is 24.0 Å². The molecule has 0 radical (unpaired) electrons. The molecular weight excluding hydrogens is 467 g/mol. The van der Waals surface area contributed by atoms with E-state index >= 15 is 0 Å². The number of halogens is 3. The van der Waals surface area contributed by atoms with Crippen LogP contribution in [0.2, 0.25) is 0 Å². The van der Waals surface area contributed by atoms with Crippen molar-refractivity contribution >= 4 is 16.0 Å². The van der Waals surface area contributed by atoms with Crippen molar-refractivity contribution in [3.63, 3.8) is 0 Å². The molecular formula is C19H18F3N5O5S. The maximum absolute atomic E-state index is 12.9. The normalized spacial score (nSPS) is 16.3. The van der Waals surface area contributed by atoms with Crippen LogP contribution in [0.5, 0.6) is 5.75 Å². The Hall–Kier alpha value is -3.52. The number of fused-ring (bicyclic) bond motifs is 1. The Morgan fingerprint density at radius 3 is 2.36 bits per heavy atom. The monoisotopic (exact) mass is 485 g/mol. The fourth-order valence-electron chi connectivity index (χ4n) is 2.93. The number of pyridine rings is 2. The zero-order chi connectivity index (χ0) is 24.1. The van der Waals surface area contributed by atoms with E-state index in [1.54, 1.807) is 43.0 Å². The Morgan fingerprint density at radius 2 is 1.79 bits per heavy atom. The first-order valence-corrected chi connectivity index (χ1v) is 10.8. The number of carboxylic acids is 1. The van der Waals surface area contributed by atoms with Gasteiger partial charge in [-0.3, -0.25) is 14.6 Å². The van der Waals surface area contributed by atoms with Gasteiger partial charge in [0.15, 0.2) is 0 Å². The van der Waals surface area contributed by atoms with Gasteiger partial charge in [-0.2, -0.15) is 22.6 Å². The SMILES string of the molecule is O=C(O)C(F)(F)F.O=S(=O)(c1cccnc1)N1Cc2ccnn2C(COc2cccnc2)C1. The summed E-state index contributed by atoms with van der Waals surface area (Å²) in [5.41, 5.74) is 0.823. The van der Waals surface area contributed by atoms with Gasteiger partial charge in [0.05, 0.1) is 18.4 Å². The molecule has 1 aliphatic heterocycles. The van der Waals surface area contributed by atoms with Crippen molar-refractivity contribution in [3.8, 4) is 5.75 Å². The molecule has 1 N–H and O–H groups in total. The summed E-state index contributed by atoms with van der Waals surface area (Å²) >= 11 is 0. The zero-order valence-electron chi connectivity index (χ0n) is 16.8. The third-order valence-electron chi connectivity index (χ3n) is 4.44. The number of aromatic nitrogens is 4. The quantitative estimate of drug-likeness (QED) is 0.582. The molecule has 1 atom stereocenters. The largest absolute Gasteiger partial charge is 0.490 e. The second-order valence-electron chi connectivity index (χ2n) is 6.71. The van der Waals surface area contributed by atoms with E-state index in [4.69, 9.17) is 14.6 Å². The third kappa shape index (κ3) is 6.04. The van der Waals surface area contributed by atoms with E-state index in [9.17, 15) is 21.6 Å². The van der Waals surface area contributed by atoms with Gasteiger partial charge in [-0.25, -0.2) is 13.2 Å². The van der Waals surface area contributed by atoms with E-state index in [1.165, 1.54) is 10.5 Å². The summed E-state index contributed by atoms with van der Waals surface area (Å²) in [6, 6.07) is 8.35. The molecule has 0 amide bonds. The van der Waals surface area contributed by atoms with Crippen molar-refractivity contribution in [3.05, 3.63) is 67.0 Å². The van der Waals surface area contributed by atoms with Crippen LogP contribution in [0.15, 0.2) is 66.2 Å². The first-order chi connectivity index (χ1) is 15.6. The Labute approximate surface area is 186 Å². The lowest BCUT2D eigenvalue weighted by Gasteiger charge is -2.32. The van der Waals surface area contributed by atoms with Crippen LogP contribution >= 0.6 is 0 Å². The summed E-state index contributed by atoms with van der Waals surface area (Å²) in [6.07, 6.45) is 2.79. The molecule has 0 aromatic carbocycles. The van der Waals surface area contributed by atoms with Gasteiger partial charge in [0, 0.05) is 31.3 Å². The van der Waals surface area contributed by atoms with Crippen molar-refractivity contribution in [2.75, 3.05) is 13.2 Å². The highest BCUT2D eigenvalue weighted by Crippen LogP contribution is 2.26. The lowest BCUT2D eigenvalue weighted by atomic mass is 10.2. The van der Waals surface area contributed by atoms with E-state index < -0.39 is 22.2 Å². The van der Waals surface area contributed by atoms with Crippen molar-refractivity contribution in [1.29, 1.82) is 0 Å². The highest BCUT2D eigenvalue weighted by molar-refractivity contribution is 7.89. The number of hydrogen-bond donors (Lipinski definition) is 1. The summed E-state index contributed by atoms with van der Waals surface area (Å²) in [5, 5.41) is 11.5. The molecule has 4 rings (SSSR count). The number of carbonyl (C=O) groups is 1. The lowest BCUT2D eigenvalue weighted by molar-refractivity contribution is -0.192. The van der Waals surface area contributed by atoms with Gasteiger partial charge in [-0.1, -0.05) is 0 Å². The highest BCUT2D eigenvalue weighted by atomic mass is 32.2. The molecule has 3 aromatic rings. The van der Waals surface area contributed by atoms with Crippen LogP contribution in [0.25, 0.3) is 0 Å². The van der Waals surface area contributed by atoms with E-state index in [1.807, 2.05) is 16.8 Å². The Balaban J connectivity index is 0.000000383. The average Bonchev–Trinajstić information content (AvgIpc) is 3.27. The summed E-state index contributed by atoms with van der Waals surface area (Å²) in [5.74, 6) is -2.12. The average molecular weight is 485 g/mol. The van der Waals surface area contributed by atoms with Crippen LogP contribution < -0.4 is 4.74 Å². The van der Waals surface area contributed by atoms with Gasteiger partial charge in [0.2, 0.25) is 10.0 Å². The minimum Gasteiger partial charge on any atom is -0.490 e. The number of rotatable bonds is 5. The van der Waals surface area contributed by atoms with Crippen LogP contribution in [-0.2, 0) is 21.4 Å². The van der Waals surface area contributed by atoms with Gasteiger partial charge in [0.25, 0.3) is 0 Å². The number of nitrogens with zero attached hydrogens (tertiary/aromatic N) is 5. The van der Waals surface area contributed by atoms with Crippen LogP contribution in [0.3, 0.4) is 0 Å². The molecule has 0 aliphatic carbocycles. The van der Waals surface area contributed by atoms with Crippen molar-refractivity contribution in [1.82, 2.24) is 24.1 Å². The van der Waals surface area contributed by atoms with Crippen LogP contribution in [0.1, 0.15) is 11.7 Å². The Morgan fingerprint density at radius 1 is 1.12 bits per heavy atom. The number of alkyl halides is 3. The number of hydrogen-bond acceptors (Lipinski definition) is 7. The predicted molar refractivity (Wildman–Crippen MR) is 107 cm³/mol. The molecule has 0 saturated carbocycles. The van der Waals surface area contributed by atoms with Crippen LogP contribution in [0, 0.1) is 0 Å². The summed E-state index contributed by atoms with van der Waals surface area (Å²) in [7, 11) is -3.64. The van der Waals surface area contributed by atoms with Gasteiger partial charge in [-0.05, 0) is 30.3 Å². The molecule has 1 unspecified atom stereocenters. The molecule has 3 aromatic heterocycles. The van der Waals surface area contributed by atoms with Crippen LogP contribution in [0.4, 0.5) is 13.2 Å². The van der Waals surface area contributed by atoms with E-state index in [0.717, 1.165) is 5.69 Å². The molecule has 0 fully saturated rings. The van der Waals surface area contributed by atoms with Gasteiger partial charge in [-0.15, -0.1) is 0 Å². The fraction of sp³-hybridized carbons (Fsp3) is 0.263. The highest BCUT2D eigenvalue weighted by Gasteiger charge is 2.38. The van der Waals surface area contributed by atoms with Gasteiger partial charge < -0.3 is 9.84 Å². The van der Waals surface area contributed by atoms with Crippen molar-refractivity contribution in [2.24, 2.45) is 0 Å². The molecule has 0 saturated heterocycles. The van der Waals surface area contributed by atoms with Crippen molar-refractivity contribution < 1.29 is 36.2 Å². The maximum atomic E-state index is 12.9. The molecule has 14 heteroatoms. The number of sulfonamides is 1. The molecule has 4 heterocycles. The second kappa shape index (κ2) is 9.95. The molecule has 0 bridgehead atoms. The number of ether oxygens (including phenoxy) is 1. The second-order valence-corrected chi connectivity index (χ2v) is 8.65. The van der Waals surface area contributed by atoms with E-state index in [0.29, 0.717) is 12.4 Å². The first kappa shape index (κ1) is 24.1. The van der Waals surface area contributed by atoms with E-state index in [2.05, 4.69) is 15.1 Å². The Bertz CT molecular complexity index is 1170. The fourth-order valence-corrected chi connectivity index (χ4v) is 4.35. The molecule has 10 nitrogen and oxygen atoms in total. The summed E-state index contributed by atoms with van der Waals surface area (Å²) < 4.78 is 66.7. The molecule has 33 heavy (non-hydrogen) atoms. The predicted octanol–water partition coefficient (Wildman–Crippen LogP) is 2.13. The number of carboxylic acid groups (broad SMARTS) is 1. The van der Waals surface area contributed by atoms with Crippen LogP contribution in [-0.4, -0.2) is 62.9 Å². The van der Waals surface area contributed by atoms with Gasteiger partial charge in [0.1, 0.15) is 23.3 Å².